The van der Waals surface area contributed by atoms with Crippen molar-refractivity contribution >= 4 is 26.0 Å². The molecule has 3 nitrogen and oxygen atoms in total. The van der Waals surface area contributed by atoms with Gasteiger partial charge in [-0.15, -0.1) is 0 Å². The van der Waals surface area contributed by atoms with E-state index in [-0.39, 0.29) is 11.8 Å². The summed E-state index contributed by atoms with van der Waals surface area (Å²) in [7, 11) is -3.02. The predicted octanol–water partition coefficient (Wildman–Crippen LogP) is 1.10. The molecule has 0 aliphatic heterocycles. The van der Waals surface area contributed by atoms with Crippen LogP contribution in [0.25, 0.3) is 0 Å². The highest BCUT2D eigenvalue weighted by atomic mass is 79.9. The van der Waals surface area contributed by atoms with Crippen LogP contribution in [0.1, 0.15) is 20.3 Å². The average Bonchev–Trinajstić information content (AvgIpc) is 2.00. The van der Waals surface area contributed by atoms with E-state index in [0.29, 0.717) is 5.33 Å². The Kier molecular flexibility index (Phi) is 5.29. The van der Waals surface area contributed by atoms with Crippen molar-refractivity contribution in [3.8, 4) is 0 Å². The number of rotatable bonds is 5. The van der Waals surface area contributed by atoms with Crippen LogP contribution in [-0.2, 0) is 10.0 Å². The highest BCUT2D eigenvalue weighted by molar-refractivity contribution is 9.09. The zero-order valence-corrected chi connectivity index (χ0v) is 9.20. The summed E-state index contributed by atoms with van der Waals surface area (Å²) in [4.78, 5) is 0. The van der Waals surface area contributed by atoms with Crippen LogP contribution in [0.3, 0.4) is 0 Å². The molecule has 0 aromatic heterocycles. The van der Waals surface area contributed by atoms with Crippen molar-refractivity contribution in [1.82, 2.24) is 4.72 Å². The number of hydrogen-bond donors (Lipinski definition) is 1. The smallest absolute Gasteiger partial charge is 0.211 e. The van der Waals surface area contributed by atoms with Crippen LogP contribution in [0.5, 0.6) is 0 Å². The molecular weight excluding hydrogens is 230 g/mol. The Morgan fingerprint density at radius 2 is 2.00 bits per heavy atom. The lowest BCUT2D eigenvalue weighted by Gasteiger charge is -2.12. The largest absolute Gasteiger partial charge is 0.212 e. The van der Waals surface area contributed by atoms with Crippen molar-refractivity contribution in [2.75, 3.05) is 11.1 Å². The summed E-state index contributed by atoms with van der Waals surface area (Å²) in [6.07, 6.45) is 0.810. The van der Waals surface area contributed by atoms with E-state index >= 15 is 0 Å². The van der Waals surface area contributed by atoms with Gasteiger partial charge in [0.05, 0.1) is 5.75 Å². The molecule has 68 valence electrons. The first kappa shape index (κ1) is 11.4. The number of halogens is 1. The fraction of sp³-hybridized carbons (Fsp3) is 1.00. The molecule has 0 heterocycles. The van der Waals surface area contributed by atoms with Crippen LogP contribution < -0.4 is 4.72 Å². The third-order valence-corrected chi connectivity index (χ3v) is 3.64. The zero-order valence-electron chi connectivity index (χ0n) is 6.80. The second kappa shape index (κ2) is 5.11. The van der Waals surface area contributed by atoms with Gasteiger partial charge in [-0.05, 0) is 13.3 Å². The van der Waals surface area contributed by atoms with Gasteiger partial charge >= 0.3 is 0 Å². The number of nitrogens with one attached hydrogen (secondary N) is 1. The molecule has 0 spiro atoms. The number of sulfonamides is 1. The first-order valence-corrected chi connectivity index (χ1v) is 6.39. The Morgan fingerprint density at radius 3 is 2.27 bits per heavy atom. The lowest BCUT2D eigenvalue weighted by Crippen LogP contribution is -2.36. The van der Waals surface area contributed by atoms with Gasteiger partial charge in [-0.3, -0.25) is 0 Å². The second-order valence-corrected chi connectivity index (χ2v) is 4.97. The summed E-state index contributed by atoms with van der Waals surface area (Å²) in [6.45, 7) is 3.58. The van der Waals surface area contributed by atoms with Crippen LogP contribution in [0, 0.1) is 0 Å². The summed E-state index contributed by atoms with van der Waals surface area (Å²) in [6, 6.07) is 0.0277. The van der Waals surface area contributed by atoms with Gasteiger partial charge in [0.25, 0.3) is 0 Å². The van der Waals surface area contributed by atoms with Gasteiger partial charge in [-0.2, -0.15) is 0 Å². The molecule has 0 radical (unpaired) electrons. The zero-order chi connectivity index (χ0) is 8.91. The Hall–Kier alpha value is 0.390. The monoisotopic (exact) mass is 243 g/mol. The van der Waals surface area contributed by atoms with E-state index in [1.807, 2.05) is 6.92 Å². The fourth-order valence-corrected chi connectivity index (χ4v) is 2.32. The number of alkyl halides is 1. The maximum absolute atomic E-state index is 11.0. The van der Waals surface area contributed by atoms with Gasteiger partial charge in [-0.1, -0.05) is 22.9 Å². The predicted molar refractivity (Wildman–Crippen MR) is 50.5 cm³/mol. The van der Waals surface area contributed by atoms with E-state index in [9.17, 15) is 8.42 Å². The fourth-order valence-electron chi connectivity index (χ4n) is 0.561. The Balaban J connectivity index is 4.01. The molecule has 1 N–H and O–H groups in total. The van der Waals surface area contributed by atoms with Crippen molar-refractivity contribution in [1.29, 1.82) is 0 Å². The van der Waals surface area contributed by atoms with E-state index in [0.717, 1.165) is 6.42 Å². The number of hydrogen-bond acceptors (Lipinski definition) is 2. The van der Waals surface area contributed by atoms with Crippen molar-refractivity contribution in [3.63, 3.8) is 0 Å². The molecule has 11 heavy (non-hydrogen) atoms. The molecular formula is C6H14BrNO2S. The van der Waals surface area contributed by atoms with Crippen molar-refractivity contribution in [2.24, 2.45) is 0 Å². The normalized spacial score (nSPS) is 14.8. The third-order valence-electron chi connectivity index (χ3n) is 1.41. The first-order chi connectivity index (χ1) is 5.05. The molecule has 1 unspecified atom stereocenters. The summed E-state index contributed by atoms with van der Waals surface area (Å²) in [5.74, 6) is 0.149. The summed E-state index contributed by atoms with van der Waals surface area (Å²) in [5, 5.41) is 0.669. The Bertz CT molecular complexity index is 187. The molecule has 0 saturated carbocycles. The molecule has 0 aromatic carbocycles. The van der Waals surface area contributed by atoms with Crippen molar-refractivity contribution in [3.05, 3.63) is 0 Å². The highest BCUT2D eigenvalue weighted by Crippen LogP contribution is 1.98. The maximum atomic E-state index is 11.0. The Labute approximate surface area is 76.7 Å². The molecule has 0 aromatic rings. The van der Waals surface area contributed by atoms with Crippen LogP contribution in [0.4, 0.5) is 0 Å². The topological polar surface area (TPSA) is 46.2 Å². The SMILES string of the molecule is CCC(CBr)NS(=O)(=O)CC. The van der Waals surface area contributed by atoms with Gasteiger partial charge < -0.3 is 0 Å². The molecule has 0 rings (SSSR count). The minimum absolute atomic E-state index is 0.0277. The van der Waals surface area contributed by atoms with E-state index in [1.54, 1.807) is 6.92 Å². The van der Waals surface area contributed by atoms with Gasteiger partial charge in [0, 0.05) is 11.4 Å². The van der Waals surface area contributed by atoms with Crippen LogP contribution >= 0.6 is 15.9 Å². The summed E-state index contributed by atoms with van der Waals surface area (Å²) in [5.41, 5.74) is 0. The van der Waals surface area contributed by atoms with Crippen LogP contribution in [-0.4, -0.2) is 25.5 Å². The highest BCUT2D eigenvalue weighted by Gasteiger charge is 2.12. The first-order valence-electron chi connectivity index (χ1n) is 3.61. The molecule has 0 amide bonds. The van der Waals surface area contributed by atoms with E-state index in [4.69, 9.17) is 0 Å². The van der Waals surface area contributed by atoms with E-state index < -0.39 is 10.0 Å². The van der Waals surface area contributed by atoms with E-state index in [2.05, 4.69) is 20.7 Å². The molecule has 1 atom stereocenters. The second-order valence-electron chi connectivity index (χ2n) is 2.28. The molecule has 5 heteroatoms. The van der Waals surface area contributed by atoms with Crippen molar-refractivity contribution < 1.29 is 8.42 Å². The molecule has 0 saturated heterocycles. The van der Waals surface area contributed by atoms with Gasteiger partial charge in [0.2, 0.25) is 10.0 Å². The Morgan fingerprint density at radius 1 is 1.45 bits per heavy atom. The average molecular weight is 244 g/mol. The van der Waals surface area contributed by atoms with Gasteiger partial charge in [0.15, 0.2) is 0 Å². The molecule has 0 bridgehead atoms. The van der Waals surface area contributed by atoms with E-state index in [1.165, 1.54) is 0 Å². The quantitative estimate of drug-likeness (QED) is 0.736. The molecule has 0 aliphatic rings. The van der Waals surface area contributed by atoms with Gasteiger partial charge in [0.1, 0.15) is 0 Å². The molecule has 0 aliphatic carbocycles. The minimum Gasteiger partial charge on any atom is -0.212 e. The standard InChI is InChI=1S/C6H14BrNO2S/c1-3-6(5-7)8-11(9,10)4-2/h6,8H,3-5H2,1-2H3. The third kappa shape index (κ3) is 4.76. The van der Waals surface area contributed by atoms with Crippen LogP contribution in [0.15, 0.2) is 0 Å². The maximum Gasteiger partial charge on any atom is 0.211 e. The minimum atomic E-state index is -3.02. The lowest BCUT2D eigenvalue weighted by molar-refractivity contribution is 0.560. The summed E-state index contributed by atoms with van der Waals surface area (Å²) >= 11 is 3.23. The van der Waals surface area contributed by atoms with Crippen LogP contribution in [0.2, 0.25) is 0 Å². The van der Waals surface area contributed by atoms with Gasteiger partial charge in [-0.25, -0.2) is 13.1 Å². The van der Waals surface area contributed by atoms with Crippen molar-refractivity contribution in [2.45, 2.75) is 26.3 Å². The lowest BCUT2D eigenvalue weighted by atomic mass is 10.3. The molecule has 0 fully saturated rings. The summed E-state index contributed by atoms with van der Waals surface area (Å²) < 4.78 is 24.6.